The highest BCUT2D eigenvalue weighted by Gasteiger charge is 2.06. The molecule has 0 bridgehead atoms. The third-order valence-corrected chi connectivity index (χ3v) is 3.04. The van der Waals surface area contributed by atoms with Crippen LogP contribution in [0.3, 0.4) is 0 Å². The molecule has 0 saturated heterocycles. The lowest BCUT2D eigenvalue weighted by molar-refractivity contribution is 0.240. The highest BCUT2D eigenvalue weighted by Crippen LogP contribution is 2.16. The molecule has 0 spiro atoms. The lowest BCUT2D eigenvalue weighted by Crippen LogP contribution is -2.34. The number of nitrogens with one attached hydrogen (secondary N) is 2. The van der Waals surface area contributed by atoms with Gasteiger partial charge in [0, 0.05) is 24.2 Å². The molecule has 2 amide bonds. The van der Waals surface area contributed by atoms with Gasteiger partial charge in [-0.2, -0.15) is 0 Å². The van der Waals surface area contributed by atoms with Gasteiger partial charge in [-0.3, -0.25) is 0 Å². The van der Waals surface area contributed by atoms with Gasteiger partial charge in [0.25, 0.3) is 0 Å². The number of hydrogen-bond donors (Lipinski definition) is 2. The minimum absolute atomic E-state index is 0.225. The van der Waals surface area contributed by atoms with Crippen LogP contribution in [0.4, 0.5) is 4.79 Å². The van der Waals surface area contributed by atoms with E-state index < -0.39 is 0 Å². The predicted molar refractivity (Wildman–Crippen MR) is 75.5 cm³/mol. The number of hydrogen-bond acceptors (Lipinski definition) is 3. The summed E-state index contributed by atoms with van der Waals surface area (Å²) in [5.41, 5.74) is 1.90. The maximum absolute atomic E-state index is 11.7. The Balaban J connectivity index is 1.82. The van der Waals surface area contributed by atoms with E-state index in [0.29, 0.717) is 13.1 Å². The average Bonchev–Trinajstić information content (AvgIpc) is 2.88. The second-order valence-corrected chi connectivity index (χ2v) is 4.35. The maximum atomic E-state index is 11.7. The van der Waals surface area contributed by atoms with E-state index in [0.717, 1.165) is 22.6 Å². The Bertz CT molecular complexity index is 578. The van der Waals surface area contributed by atoms with Crippen LogP contribution in [-0.2, 0) is 13.1 Å². The van der Waals surface area contributed by atoms with Crippen LogP contribution in [0.1, 0.15) is 16.9 Å². The van der Waals surface area contributed by atoms with Crippen molar-refractivity contribution in [3.8, 4) is 5.75 Å². The van der Waals surface area contributed by atoms with E-state index in [2.05, 4.69) is 10.6 Å². The van der Waals surface area contributed by atoms with Crippen LogP contribution in [-0.4, -0.2) is 13.1 Å². The first-order valence-electron chi connectivity index (χ1n) is 6.37. The molecular weight excluding hydrogens is 256 g/mol. The van der Waals surface area contributed by atoms with E-state index in [4.69, 9.17) is 9.15 Å². The minimum Gasteiger partial charge on any atom is -0.496 e. The lowest BCUT2D eigenvalue weighted by Gasteiger charge is -2.10. The van der Waals surface area contributed by atoms with Gasteiger partial charge in [0.15, 0.2) is 0 Å². The Kier molecular flexibility index (Phi) is 4.65. The van der Waals surface area contributed by atoms with Crippen LogP contribution in [0.5, 0.6) is 5.75 Å². The summed E-state index contributed by atoms with van der Waals surface area (Å²) in [5, 5.41) is 5.58. The van der Waals surface area contributed by atoms with E-state index in [1.807, 2.05) is 37.3 Å². The van der Waals surface area contributed by atoms with Gasteiger partial charge >= 0.3 is 6.03 Å². The molecule has 106 valence electrons. The van der Waals surface area contributed by atoms with E-state index in [1.54, 1.807) is 13.4 Å². The molecule has 2 rings (SSSR count). The fourth-order valence-corrected chi connectivity index (χ4v) is 1.86. The Labute approximate surface area is 117 Å². The van der Waals surface area contributed by atoms with E-state index in [1.165, 1.54) is 0 Å². The smallest absolute Gasteiger partial charge is 0.315 e. The summed E-state index contributed by atoms with van der Waals surface area (Å²) in [6.45, 7) is 2.73. The summed E-state index contributed by atoms with van der Waals surface area (Å²) in [5.74, 6) is 1.58. The topological polar surface area (TPSA) is 63.5 Å². The highest BCUT2D eigenvalue weighted by atomic mass is 16.5. The molecule has 1 aromatic heterocycles. The van der Waals surface area contributed by atoms with Crippen molar-refractivity contribution >= 4 is 6.03 Å². The minimum atomic E-state index is -0.225. The fraction of sp³-hybridized carbons (Fsp3) is 0.267. The SMILES string of the molecule is COc1ccccc1CNC(=O)NCc1ccoc1C. The standard InChI is InChI=1S/C15H18N2O3/c1-11-12(7-8-20-11)9-16-15(18)17-10-13-5-3-4-6-14(13)19-2/h3-8H,9-10H2,1-2H3,(H2,16,17,18). The van der Waals surface area contributed by atoms with Crippen LogP contribution < -0.4 is 15.4 Å². The molecule has 5 heteroatoms. The maximum Gasteiger partial charge on any atom is 0.315 e. The summed E-state index contributed by atoms with van der Waals surface area (Å²) in [6, 6.07) is 9.20. The molecule has 0 aliphatic heterocycles. The number of ether oxygens (including phenoxy) is 1. The number of urea groups is 1. The Hall–Kier alpha value is -2.43. The predicted octanol–water partition coefficient (Wildman–Crippen LogP) is 2.60. The van der Waals surface area contributed by atoms with Crippen LogP contribution in [0.15, 0.2) is 41.0 Å². The molecule has 0 aliphatic carbocycles. The Morgan fingerprint density at radius 1 is 1.15 bits per heavy atom. The summed E-state index contributed by atoms with van der Waals surface area (Å²) >= 11 is 0. The normalized spacial score (nSPS) is 10.1. The first-order valence-corrected chi connectivity index (χ1v) is 6.37. The number of furan rings is 1. The van der Waals surface area contributed by atoms with Gasteiger partial charge < -0.3 is 19.8 Å². The molecule has 0 atom stereocenters. The molecule has 0 unspecified atom stereocenters. The van der Waals surface area contributed by atoms with Crippen molar-refractivity contribution in [2.45, 2.75) is 20.0 Å². The van der Waals surface area contributed by atoms with Crippen molar-refractivity contribution in [2.75, 3.05) is 7.11 Å². The van der Waals surface area contributed by atoms with E-state index in [9.17, 15) is 4.79 Å². The van der Waals surface area contributed by atoms with Gasteiger partial charge in [-0.15, -0.1) is 0 Å². The molecular formula is C15H18N2O3. The average molecular weight is 274 g/mol. The number of rotatable bonds is 5. The molecule has 0 saturated carbocycles. The van der Waals surface area contributed by atoms with Gasteiger partial charge in [0.05, 0.1) is 13.4 Å². The van der Waals surface area contributed by atoms with Gasteiger partial charge in [0.1, 0.15) is 11.5 Å². The lowest BCUT2D eigenvalue weighted by atomic mass is 10.2. The van der Waals surface area contributed by atoms with Crippen molar-refractivity contribution in [3.05, 3.63) is 53.5 Å². The third kappa shape index (κ3) is 3.54. The molecule has 1 heterocycles. The number of carbonyl (C=O) groups is 1. The number of amides is 2. The number of para-hydroxylation sites is 1. The molecule has 5 nitrogen and oxygen atoms in total. The number of carbonyl (C=O) groups excluding carboxylic acids is 1. The summed E-state index contributed by atoms with van der Waals surface area (Å²) < 4.78 is 10.4. The van der Waals surface area contributed by atoms with Crippen molar-refractivity contribution in [1.82, 2.24) is 10.6 Å². The van der Waals surface area contributed by atoms with Crippen molar-refractivity contribution in [1.29, 1.82) is 0 Å². The van der Waals surface area contributed by atoms with E-state index in [-0.39, 0.29) is 6.03 Å². The number of benzene rings is 1. The quantitative estimate of drug-likeness (QED) is 0.881. The van der Waals surface area contributed by atoms with Crippen molar-refractivity contribution < 1.29 is 13.9 Å². The van der Waals surface area contributed by atoms with E-state index >= 15 is 0 Å². The highest BCUT2D eigenvalue weighted by molar-refractivity contribution is 5.73. The molecule has 0 aliphatic rings. The number of methoxy groups -OCH3 is 1. The molecule has 0 radical (unpaired) electrons. The van der Waals surface area contributed by atoms with Crippen LogP contribution in [0.25, 0.3) is 0 Å². The third-order valence-electron chi connectivity index (χ3n) is 3.04. The zero-order valence-corrected chi connectivity index (χ0v) is 11.6. The van der Waals surface area contributed by atoms with Crippen LogP contribution in [0.2, 0.25) is 0 Å². The fourth-order valence-electron chi connectivity index (χ4n) is 1.86. The van der Waals surface area contributed by atoms with Gasteiger partial charge in [-0.05, 0) is 19.1 Å². The summed E-state index contributed by atoms with van der Waals surface area (Å²) in [7, 11) is 1.61. The zero-order valence-electron chi connectivity index (χ0n) is 11.6. The zero-order chi connectivity index (χ0) is 14.4. The molecule has 1 aromatic carbocycles. The first-order chi connectivity index (χ1) is 9.70. The largest absolute Gasteiger partial charge is 0.496 e. The molecule has 2 N–H and O–H groups in total. The second-order valence-electron chi connectivity index (χ2n) is 4.35. The van der Waals surface area contributed by atoms with Crippen molar-refractivity contribution in [3.63, 3.8) is 0 Å². The molecule has 20 heavy (non-hydrogen) atoms. The number of aryl methyl sites for hydroxylation is 1. The molecule has 0 fully saturated rings. The van der Waals surface area contributed by atoms with Gasteiger partial charge in [0.2, 0.25) is 0 Å². The monoisotopic (exact) mass is 274 g/mol. The second kappa shape index (κ2) is 6.65. The Morgan fingerprint density at radius 2 is 1.85 bits per heavy atom. The Morgan fingerprint density at radius 3 is 2.50 bits per heavy atom. The van der Waals surface area contributed by atoms with Gasteiger partial charge in [-0.1, -0.05) is 18.2 Å². The van der Waals surface area contributed by atoms with Crippen molar-refractivity contribution in [2.24, 2.45) is 0 Å². The summed E-state index contributed by atoms with van der Waals surface area (Å²) in [6.07, 6.45) is 1.61. The van der Waals surface area contributed by atoms with Crippen LogP contribution >= 0.6 is 0 Å². The molecule has 2 aromatic rings. The van der Waals surface area contributed by atoms with Gasteiger partial charge in [-0.25, -0.2) is 4.79 Å². The first kappa shape index (κ1) is 14.0. The van der Waals surface area contributed by atoms with Crippen LogP contribution in [0, 0.1) is 6.92 Å². The summed E-state index contributed by atoms with van der Waals surface area (Å²) in [4.78, 5) is 11.7.